The lowest BCUT2D eigenvalue weighted by molar-refractivity contribution is 0.141. The SMILES string of the molecule is CC(CC1CCCCC1C)C[C@H](C)O. The fourth-order valence-corrected chi connectivity index (χ4v) is 2.94. The van der Waals surface area contributed by atoms with Gasteiger partial charge in [0.15, 0.2) is 0 Å². The first-order valence-electron chi connectivity index (χ1n) is 6.27. The molecule has 0 bridgehead atoms. The van der Waals surface area contributed by atoms with E-state index < -0.39 is 0 Å². The minimum atomic E-state index is -0.121. The van der Waals surface area contributed by atoms with Crippen molar-refractivity contribution in [1.29, 1.82) is 0 Å². The fourth-order valence-electron chi connectivity index (χ4n) is 2.94. The van der Waals surface area contributed by atoms with Crippen LogP contribution in [0.3, 0.4) is 0 Å². The lowest BCUT2D eigenvalue weighted by Crippen LogP contribution is -2.20. The molecule has 1 aliphatic rings. The highest BCUT2D eigenvalue weighted by Crippen LogP contribution is 2.34. The maximum Gasteiger partial charge on any atom is 0.0514 e. The van der Waals surface area contributed by atoms with Crippen molar-refractivity contribution in [3.8, 4) is 0 Å². The lowest BCUT2D eigenvalue weighted by atomic mass is 9.75. The van der Waals surface area contributed by atoms with Crippen molar-refractivity contribution in [2.75, 3.05) is 0 Å². The van der Waals surface area contributed by atoms with Crippen LogP contribution in [0, 0.1) is 17.8 Å². The van der Waals surface area contributed by atoms with Crippen LogP contribution >= 0.6 is 0 Å². The summed E-state index contributed by atoms with van der Waals surface area (Å²) >= 11 is 0. The quantitative estimate of drug-likeness (QED) is 0.731. The Morgan fingerprint density at radius 1 is 1.21 bits per heavy atom. The molecule has 1 rings (SSSR count). The summed E-state index contributed by atoms with van der Waals surface area (Å²) in [7, 11) is 0. The predicted molar refractivity (Wildman–Crippen MR) is 61.2 cm³/mol. The van der Waals surface area contributed by atoms with Gasteiger partial charge in [0.1, 0.15) is 0 Å². The number of hydrogen-bond donors (Lipinski definition) is 1. The van der Waals surface area contributed by atoms with Crippen molar-refractivity contribution in [2.45, 2.75) is 65.4 Å². The van der Waals surface area contributed by atoms with Gasteiger partial charge in [0, 0.05) is 0 Å². The highest BCUT2D eigenvalue weighted by atomic mass is 16.3. The predicted octanol–water partition coefficient (Wildman–Crippen LogP) is 3.61. The molecule has 0 spiro atoms. The zero-order valence-electron chi connectivity index (χ0n) is 10.00. The molecule has 0 aromatic carbocycles. The zero-order valence-corrected chi connectivity index (χ0v) is 10.00. The molecule has 0 radical (unpaired) electrons. The van der Waals surface area contributed by atoms with Crippen LogP contribution in [-0.4, -0.2) is 11.2 Å². The molecule has 1 nitrogen and oxygen atoms in total. The molecule has 0 aliphatic heterocycles. The number of aliphatic hydroxyl groups excluding tert-OH is 1. The van der Waals surface area contributed by atoms with E-state index in [0.717, 1.165) is 18.3 Å². The maximum absolute atomic E-state index is 9.32. The molecule has 1 saturated carbocycles. The summed E-state index contributed by atoms with van der Waals surface area (Å²) in [4.78, 5) is 0. The van der Waals surface area contributed by atoms with E-state index in [1.807, 2.05) is 6.92 Å². The maximum atomic E-state index is 9.32. The van der Waals surface area contributed by atoms with Gasteiger partial charge in [-0.15, -0.1) is 0 Å². The fraction of sp³-hybridized carbons (Fsp3) is 1.00. The summed E-state index contributed by atoms with van der Waals surface area (Å²) in [5, 5.41) is 9.32. The Labute approximate surface area is 88.9 Å². The van der Waals surface area contributed by atoms with E-state index in [2.05, 4.69) is 13.8 Å². The Bertz CT molecular complexity index is 153. The highest BCUT2D eigenvalue weighted by Gasteiger charge is 2.23. The summed E-state index contributed by atoms with van der Waals surface area (Å²) in [6.45, 7) is 6.59. The summed E-state index contributed by atoms with van der Waals surface area (Å²) < 4.78 is 0. The van der Waals surface area contributed by atoms with Gasteiger partial charge in [-0.3, -0.25) is 0 Å². The second-order valence-electron chi connectivity index (χ2n) is 5.45. The van der Waals surface area contributed by atoms with Gasteiger partial charge in [-0.05, 0) is 37.5 Å². The van der Waals surface area contributed by atoms with Crippen LogP contribution in [0.4, 0.5) is 0 Å². The van der Waals surface area contributed by atoms with E-state index in [1.54, 1.807) is 0 Å². The van der Waals surface area contributed by atoms with Crippen LogP contribution in [0.15, 0.2) is 0 Å². The minimum absolute atomic E-state index is 0.121. The molecular weight excluding hydrogens is 172 g/mol. The summed E-state index contributed by atoms with van der Waals surface area (Å²) in [6.07, 6.45) is 7.88. The monoisotopic (exact) mass is 198 g/mol. The molecule has 14 heavy (non-hydrogen) atoms. The average molecular weight is 198 g/mol. The third kappa shape index (κ3) is 4.00. The number of rotatable bonds is 4. The molecule has 0 aromatic rings. The standard InChI is InChI=1S/C13H26O/c1-10(8-12(3)14)9-13-7-5-4-6-11(13)2/h10-14H,4-9H2,1-3H3/t10?,11?,12-,13?/m0/s1. The molecule has 4 atom stereocenters. The normalized spacial score (nSPS) is 32.6. The van der Waals surface area contributed by atoms with Crippen LogP contribution in [-0.2, 0) is 0 Å². The molecule has 0 saturated heterocycles. The highest BCUT2D eigenvalue weighted by molar-refractivity contribution is 4.74. The van der Waals surface area contributed by atoms with E-state index in [-0.39, 0.29) is 6.10 Å². The molecule has 1 N–H and O–H groups in total. The Kier molecular flexibility index (Phi) is 4.94. The number of hydrogen-bond acceptors (Lipinski definition) is 1. The molecule has 0 heterocycles. The third-order valence-electron chi connectivity index (χ3n) is 3.74. The van der Waals surface area contributed by atoms with Gasteiger partial charge >= 0.3 is 0 Å². The van der Waals surface area contributed by atoms with Crippen molar-refractivity contribution in [3.63, 3.8) is 0 Å². The molecule has 1 fully saturated rings. The van der Waals surface area contributed by atoms with Gasteiger partial charge in [-0.25, -0.2) is 0 Å². The average Bonchev–Trinajstić information content (AvgIpc) is 2.07. The van der Waals surface area contributed by atoms with Crippen LogP contribution < -0.4 is 0 Å². The van der Waals surface area contributed by atoms with E-state index in [9.17, 15) is 5.11 Å². The molecule has 0 amide bonds. The molecular formula is C13H26O. The van der Waals surface area contributed by atoms with E-state index >= 15 is 0 Å². The molecule has 3 unspecified atom stereocenters. The summed E-state index contributed by atoms with van der Waals surface area (Å²) in [5.74, 6) is 2.54. The van der Waals surface area contributed by atoms with Crippen LogP contribution in [0.2, 0.25) is 0 Å². The van der Waals surface area contributed by atoms with Crippen molar-refractivity contribution in [1.82, 2.24) is 0 Å². The first kappa shape index (κ1) is 12.0. The van der Waals surface area contributed by atoms with E-state index in [0.29, 0.717) is 5.92 Å². The molecule has 1 aliphatic carbocycles. The smallest absolute Gasteiger partial charge is 0.0514 e. The molecule has 1 heteroatoms. The first-order chi connectivity index (χ1) is 6.59. The minimum Gasteiger partial charge on any atom is -0.393 e. The first-order valence-corrected chi connectivity index (χ1v) is 6.27. The summed E-state index contributed by atoms with van der Waals surface area (Å²) in [5.41, 5.74) is 0. The van der Waals surface area contributed by atoms with Crippen LogP contribution in [0.1, 0.15) is 59.3 Å². The van der Waals surface area contributed by atoms with Crippen molar-refractivity contribution >= 4 is 0 Å². The van der Waals surface area contributed by atoms with Gasteiger partial charge in [-0.1, -0.05) is 39.5 Å². The van der Waals surface area contributed by atoms with Gasteiger partial charge in [0.05, 0.1) is 6.10 Å². The number of aliphatic hydroxyl groups is 1. The Hall–Kier alpha value is -0.0400. The second kappa shape index (κ2) is 5.75. The van der Waals surface area contributed by atoms with Crippen molar-refractivity contribution in [2.24, 2.45) is 17.8 Å². The van der Waals surface area contributed by atoms with Crippen LogP contribution in [0.5, 0.6) is 0 Å². The van der Waals surface area contributed by atoms with Gasteiger partial charge < -0.3 is 5.11 Å². The second-order valence-corrected chi connectivity index (χ2v) is 5.45. The topological polar surface area (TPSA) is 20.2 Å². The van der Waals surface area contributed by atoms with E-state index in [4.69, 9.17) is 0 Å². The zero-order chi connectivity index (χ0) is 10.6. The van der Waals surface area contributed by atoms with Gasteiger partial charge in [-0.2, -0.15) is 0 Å². The molecule has 0 aromatic heterocycles. The van der Waals surface area contributed by atoms with Gasteiger partial charge in [0.25, 0.3) is 0 Å². The van der Waals surface area contributed by atoms with Gasteiger partial charge in [0.2, 0.25) is 0 Å². The largest absolute Gasteiger partial charge is 0.393 e. The molecule has 84 valence electrons. The van der Waals surface area contributed by atoms with Crippen molar-refractivity contribution in [3.05, 3.63) is 0 Å². The Morgan fingerprint density at radius 3 is 2.43 bits per heavy atom. The Balaban J connectivity index is 2.27. The third-order valence-corrected chi connectivity index (χ3v) is 3.74. The Morgan fingerprint density at radius 2 is 1.86 bits per heavy atom. The van der Waals surface area contributed by atoms with E-state index in [1.165, 1.54) is 32.1 Å². The lowest BCUT2D eigenvalue weighted by Gasteiger charge is -2.31. The summed E-state index contributed by atoms with van der Waals surface area (Å²) in [6, 6.07) is 0. The van der Waals surface area contributed by atoms with Crippen molar-refractivity contribution < 1.29 is 5.11 Å². The van der Waals surface area contributed by atoms with Crippen LogP contribution in [0.25, 0.3) is 0 Å².